The summed E-state index contributed by atoms with van der Waals surface area (Å²) in [5.41, 5.74) is 12.8. The Morgan fingerprint density at radius 3 is 1.96 bits per heavy atom. The summed E-state index contributed by atoms with van der Waals surface area (Å²) in [6.45, 7) is 21.9. The van der Waals surface area contributed by atoms with Crippen molar-refractivity contribution in [3.63, 3.8) is 0 Å². The van der Waals surface area contributed by atoms with Crippen molar-refractivity contribution in [2.24, 2.45) is 5.41 Å². The molecule has 1 aromatic carbocycles. The van der Waals surface area contributed by atoms with E-state index in [4.69, 9.17) is 0 Å². The molecule has 0 nitrogen and oxygen atoms in total. The number of rotatable bonds is 4. The maximum absolute atomic E-state index is 2.72. The zero-order valence-corrected chi connectivity index (χ0v) is 20.0. The van der Waals surface area contributed by atoms with E-state index in [-0.39, 0.29) is 0 Å². The van der Waals surface area contributed by atoms with Crippen LogP contribution in [0.3, 0.4) is 0 Å². The molecule has 0 spiro atoms. The molecule has 0 bridgehead atoms. The summed E-state index contributed by atoms with van der Waals surface area (Å²) in [7, 11) is -1.75. The first kappa shape index (κ1) is 20.4. The van der Waals surface area contributed by atoms with Gasteiger partial charge in [0, 0.05) is 5.54 Å². The Bertz CT molecular complexity index is 819. The SMILES string of the molecule is CCC1=Cc2ccccc2C1[Si](C)(CC(C)(C)C)C1C(C)=C(C)C(C)=C1C. The summed E-state index contributed by atoms with van der Waals surface area (Å²) in [6.07, 6.45) is 3.68. The Morgan fingerprint density at radius 1 is 0.889 bits per heavy atom. The molecular weight excluding hydrogens is 340 g/mol. The standard InChI is InChI=1S/C26H38Si/c1-10-21-15-22-13-11-12-14-23(22)25(21)27(9,16-26(6,7)8)24-19(4)17(2)18(3)20(24)5/h11-15,24-25H,10,16H2,1-9H3. The largest absolute Gasteiger partial charge is 0.0752 e. The molecule has 3 rings (SSSR count). The van der Waals surface area contributed by atoms with Crippen LogP contribution in [0.1, 0.15) is 78.5 Å². The molecule has 0 heterocycles. The minimum Gasteiger partial charge on any atom is -0.0677 e. The second-order valence-electron chi connectivity index (χ2n) is 10.4. The minimum atomic E-state index is -1.75. The van der Waals surface area contributed by atoms with Gasteiger partial charge in [-0.1, -0.05) is 87.3 Å². The van der Waals surface area contributed by atoms with Gasteiger partial charge in [-0.2, -0.15) is 0 Å². The van der Waals surface area contributed by atoms with E-state index in [1.54, 1.807) is 33.4 Å². The minimum absolute atomic E-state index is 0.350. The average Bonchev–Trinajstić information content (AvgIpc) is 3.05. The Balaban J connectivity index is 2.23. The van der Waals surface area contributed by atoms with Crippen LogP contribution >= 0.6 is 0 Å². The van der Waals surface area contributed by atoms with E-state index in [0.717, 1.165) is 0 Å². The van der Waals surface area contributed by atoms with E-state index in [2.05, 4.69) is 92.3 Å². The van der Waals surface area contributed by atoms with Gasteiger partial charge in [-0.25, -0.2) is 0 Å². The number of hydrogen-bond donors (Lipinski definition) is 0. The fourth-order valence-electron chi connectivity index (χ4n) is 6.32. The zero-order valence-electron chi connectivity index (χ0n) is 19.0. The van der Waals surface area contributed by atoms with Crippen LogP contribution < -0.4 is 0 Å². The van der Waals surface area contributed by atoms with Crippen LogP contribution in [0.4, 0.5) is 0 Å². The zero-order chi connectivity index (χ0) is 20.1. The lowest BCUT2D eigenvalue weighted by atomic mass is 10.0. The molecular formula is C26H38Si. The molecule has 0 aromatic heterocycles. The quantitative estimate of drug-likeness (QED) is 0.462. The molecule has 27 heavy (non-hydrogen) atoms. The van der Waals surface area contributed by atoms with Crippen molar-refractivity contribution < 1.29 is 0 Å². The molecule has 1 aromatic rings. The maximum Gasteiger partial charge on any atom is 0.0752 e. The first-order chi connectivity index (χ1) is 12.5. The Hall–Kier alpha value is -1.34. The van der Waals surface area contributed by atoms with Crippen LogP contribution in [0.25, 0.3) is 6.08 Å². The molecule has 0 amide bonds. The summed E-state index contributed by atoms with van der Waals surface area (Å²) in [5, 5.41) is 0. The molecule has 2 unspecified atom stereocenters. The smallest absolute Gasteiger partial charge is 0.0677 e. The molecule has 0 N–H and O–H groups in total. The Labute approximate surface area is 168 Å². The van der Waals surface area contributed by atoms with Crippen LogP contribution in [-0.2, 0) is 0 Å². The van der Waals surface area contributed by atoms with E-state index >= 15 is 0 Å². The summed E-state index contributed by atoms with van der Waals surface area (Å²) >= 11 is 0. The molecule has 0 aliphatic heterocycles. The van der Waals surface area contributed by atoms with Gasteiger partial charge in [0.25, 0.3) is 0 Å². The van der Waals surface area contributed by atoms with Crippen molar-refractivity contribution in [1.29, 1.82) is 0 Å². The first-order valence-corrected chi connectivity index (χ1v) is 13.5. The van der Waals surface area contributed by atoms with Crippen LogP contribution in [0.2, 0.25) is 18.1 Å². The molecule has 0 fully saturated rings. The highest BCUT2D eigenvalue weighted by Gasteiger charge is 2.51. The second kappa shape index (κ2) is 6.92. The van der Waals surface area contributed by atoms with Gasteiger partial charge in [-0.05, 0) is 67.3 Å². The second-order valence-corrected chi connectivity index (χ2v) is 14.9. The lowest BCUT2D eigenvalue weighted by Crippen LogP contribution is -2.47. The van der Waals surface area contributed by atoms with Crippen LogP contribution in [0.15, 0.2) is 52.1 Å². The van der Waals surface area contributed by atoms with Crippen molar-refractivity contribution in [1.82, 2.24) is 0 Å². The summed E-state index contributed by atoms with van der Waals surface area (Å²) in [5.74, 6) is 0. The van der Waals surface area contributed by atoms with Gasteiger partial charge >= 0.3 is 0 Å². The van der Waals surface area contributed by atoms with Gasteiger partial charge in [-0.3, -0.25) is 0 Å². The van der Waals surface area contributed by atoms with Gasteiger partial charge in [0.15, 0.2) is 0 Å². The summed E-state index contributed by atoms with van der Waals surface area (Å²) in [4.78, 5) is 0. The molecule has 1 heteroatoms. The fraction of sp³-hybridized carbons (Fsp3) is 0.538. The van der Waals surface area contributed by atoms with Crippen molar-refractivity contribution in [2.45, 2.75) is 85.5 Å². The predicted octanol–water partition coefficient (Wildman–Crippen LogP) is 8.30. The highest BCUT2D eigenvalue weighted by atomic mass is 28.3. The summed E-state index contributed by atoms with van der Waals surface area (Å²) in [6, 6.07) is 10.6. The van der Waals surface area contributed by atoms with Crippen molar-refractivity contribution in [3.05, 3.63) is 63.3 Å². The van der Waals surface area contributed by atoms with E-state index in [9.17, 15) is 0 Å². The van der Waals surface area contributed by atoms with Crippen molar-refractivity contribution in [2.75, 3.05) is 0 Å². The molecule has 2 atom stereocenters. The predicted molar refractivity (Wildman–Crippen MR) is 124 cm³/mol. The number of fused-ring (bicyclic) bond motifs is 1. The third-order valence-electron chi connectivity index (χ3n) is 7.27. The van der Waals surface area contributed by atoms with E-state index in [0.29, 0.717) is 16.5 Å². The molecule has 146 valence electrons. The number of hydrogen-bond acceptors (Lipinski definition) is 0. The summed E-state index contributed by atoms with van der Waals surface area (Å²) < 4.78 is 0. The molecule has 2 aliphatic rings. The highest BCUT2D eigenvalue weighted by Crippen LogP contribution is 2.58. The average molecular weight is 379 g/mol. The number of allylic oxidation sites excluding steroid dienone is 5. The van der Waals surface area contributed by atoms with Crippen molar-refractivity contribution in [3.8, 4) is 0 Å². The molecule has 0 saturated heterocycles. The maximum atomic E-state index is 2.72. The van der Waals surface area contributed by atoms with Crippen LogP contribution in [-0.4, -0.2) is 8.07 Å². The number of benzene rings is 1. The highest BCUT2D eigenvalue weighted by molar-refractivity contribution is 6.83. The van der Waals surface area contributed by atoms with E-state index in [1.165, 1.54) is 18.0 Å². The van der Waals surface area contributed by atoms with Gasteiger partial charge in [0.2, 0.25) is 0 Å². The van der Waals surface area contributed by atoms with Crippen LogP contribution in [0.5, 0.6) is 0 Å². The lowest BCUT2D eigenvalue weighted by molar-refractivity contribution is 0.456. The normalized spacial score (nSPS) is 23.0. The monoisotopic (exact) mass is 378 g/mol. The molecule has 0 radical (unpaired) electrons. The lowest BCUT2D eigenvalue weighted by Gasteiger charge is -2.46. The van der Waals surface area contributed by atoms with Gasteiger partial charge in [0.1, 0.15) is 0 Å². The molecule has 2 aliphatic carbocycles. The van der Waals surface area contributed by atoms with E-state index in [1.807, 2.05) is 0 Å². The van der Waals surface area contributed by atoms with Gasteiger partial charge in [0.05, 0.1) is 8.07 Å². The van der Waals surface area contributed by atoms with Crippen molar-refractivity contribution >= 4 is 14.1 Å². The third-order valence-corrected chi connectivity index (χ3v) is 13.3. The fourth-order valence-corrected chi connectivity index (χ4v) is 13.9. The van der Waals surface area contributed by atoms with Crippen LogP contribution in [0, 0.1) is 5.41 Å². The third kappa shape index (κ3) is 3.33. The first-order valence-electron chi connectivity index (χ1n) is 10.7. The topological polar surface area (TPSA) is 0 Å². The molecule has 0 saturated carbocycles. The van der Waals surface area contributed by atoms with Gasteiger partial charge < -0.3 is 0 Å². The van der Waals surface area contributed by atoms with E-state index < -0.39 is 8.07 Å². The Morgan fingerprint density at radius 2 is 1.44 bits per heavy atom. The van der Waals surface area contributed by atoms with Gasteiger partial charge in [-0.15, -0.1) is 0 Å². The Kier molecular flexibility index (Phi) is 5.23.